The van der Waals surface area contributed by atoms with Gasteiger partial charge in [-0.3, -0.25) is 10.1 Å². The number of carbonyl (C=O) groups excluding carboxylic acids is 1. The molecule has 1 N–H and O–H groups in total. The number of amides is 1. The van der Waals surface area contributed by atoms with Crippen LogP contribution in [0.25, 0.3) is 0 Å². The molecular formula is C14H12ClN3O3S. The van der Waals surface area contributed by atoms with Gasteiger partial charge in [-0.05, 0) is 17.7 Å². The minimum absolute atomic E-state index is 0.137. The Morgan fingerprint density at radius 2 is 2.27 bits per heavy atom. The van der Waals surface area contributed by atoms with Gasteiger partial charge in [0.1, 0.15) is 24.5 Å². The number of anilines is 1. The summed E-state index contributed by atoms with van der Waals surface area (Å²) >= 11 is 7.25. The molecule has 0 aliphatic carbocycles. The molecule has 0 fully saturated rings. The first-order chi connectivity index (χ1) is 10.7. The number of hydrogen-bond acceptors (Lipinski definition) is 6. The number of hydrogen-bond donors (Lipinski definition) is 1. The Balaban J connectivity index is 1.63. The molecule has 0 atom stereocenters. The molecule has 2 heterocycles. The van der Waals surface area contributed by atoms with Crippen LogP contribution in [0.2, 0.25) is 5.02 Å². The SMILES string of the molecule is O=C(Nc1nnc(Cc2cccc(Cl)c2)s1)C1=COCCO1. The summed E-state index contributed by atoms with van der Waals surface area (Å²) in [6, 6.07) is 7.54. The molecule has 114 valence electrons. The lowest BCUT2D eigenvalue weighted by molar-refractivity contribution is -0.117. The van der Waals surface area contributed by atoms with Gasteiger partial charge in [-0.25, -0.2) is 0 Å². The summed E-state index contributed by atoms with van der Waals surface area (Å²) in [6.07, 6.45) is 1.91. The van der Waals surface area contributed by atoms with Crippen LogP contribution in [0.5, 0.6) is 0 Å². The monoisotopic (exact) mass is 337 g/mol. The quantitative estimate of drug-likeness (QED) is 0.928. The van der Waals surface area contributed by atoms with Crippen molar-refractivity contribution in [2.75, 3.05) is 18.5 Å². The number of nitrogens with zero attached hydrogens (tertiary/aromatic N) is 2. The fourth-order valence-electron chi connectivity index (χ4n) is 1.84. The summed E-state index contributed by atoms with van der Waals surface area (Å²) < 4.78 is 10.2. The van der Waals surface area contributed by atoms with Crippen molar-refractivity contribution in [1.29, 1.82) is 0 Å². The Hall–Kier alpha value is -2.12. The van der Waals surface area contributed by atoms with Crippen LogP contribution in [0, 0.1) is 0 Å². The maximum atomic E-state index is 11.9. The Kier molecular flexibility index (Phi) is 4.55. The zero-order valence-corrected chi connectivity index (χ0v) is 13.0. The molecule has 0 radical (unpaired) electrons. The van der Waals surface area contributed by atoms with Gasteiger partial charge in [-0.15, -0.1) is 10.2 Å². The van der Waals surface area contributed by atoms with Crippen LogP contribution in [0.4, 0.5) is 5.13 Å². The van der Waals surface area contributed by atoms with Crippen LogP contribution in [-0.4, -0.2) is 29.3 Å². The van der Waals surface area contributed by atoms with Crippen molar-refractivity contribution in [3.63, 3.8) is 0 Å². The van der Waals surface area contributed by atoms with Crippen molar-refractivity contribution < 1.29 is 14.3 Å². The third-order valence-corrected chi connectivity index (χ3v) is 3.88. The third kappa shape index (κ3) is 3.75. The molecular weight excluding hydrogens is 326 g/mol. The normalized spacial score (nSPS) is 13.8. The van der Waals surface area contributed by atoms with Crippen molar-refractivity contribution >= 4 is 34.0 Å². The summed E-state index contributed by atoms with van der Waals surface area (Å²) in [6.45, 7) is 0.800. The van der Waals surface area contributed by atoms with Crippen molar-refractivity contribution in [3.05, 3.63) is 51.9 Å². The molecule has 2 aromatic rings. The van der Waals surface area contributed by atoms with Gasteiger partial charge < -0.3 is 9.47 Å². The van der Waals surface area contributed by atoms with E-state index in [2.05, 4.69) is 15.5 Å². The van der Waals surface area contributed by atoms with Crippen molar-refractivity contribution in [1.82, 2.24) is 10.2 Å². The second-order valence-electron chi connectivity index (χ2n) is 4.46. The number of nitrogens with one attached hydrogen (secondary N) is 1. The van der Waals surface area contributed by atoms with Crippen molar-refractivity contribution in [2.45, 2.75) is 6.42 Å². The Morgan fingerprint density at radius 1 is 1.36 bits per heavy atom. The number of benzene rings is 1. The lowest BCUT2D eigenvalue weighted by Gasteiger charge is -2.13. The molecule has 0 spiro atoms. The first-order valence-electron chi connectivity index (χ1n) is 6.53. The predicted molar refractivity (Wildman–Crippen MR) is 82.8 cm³/mol. The van der Waals surface area contributed by atoms with E-state index in [1.807, 2.05) is 24.3 Å². The predicted octanol–water partition coefficient (Wildman–Crippen LogP) is 2.61. The zero-order chi connectivity index (χ0) is 15.4. The van der Waals surface area contributed by atoms with E-state index < -0.39 is 5.91 Å². The highest BCUT2D eigenvalue weighted by molar-refractivity contribution is 7.15. The van der Waals surface area contributed by atoms with E-state index in [0.29, 0.717) is 29.8 Å². The van der Waals surface area contributed by atoms with E-state index in [1.165, 1.54) is 17.6 Å². The molecule has 0 bridgehead atoms. The van der Waals surface area contributed by atoms with Gasteiger partial charge in [-0.2, -0.15) is 0 Å². The van der Waals surface area contributed by atoms with Crippen LogP contribution in [-0.2, 0) is 20.7 Å². The average Bonchev–Trinajstić information content (AvgIpc) is 2.95. The lowest BCUT2D eigenvalue weighted by Crippen LogP contribution is -2.21. The van der Waals surface area contributed by atoms with Crippen LogP contribution in [0.15, 0.2) is 36.3 Å². The lowest BCUT2D eigenvalue weighted by atomic mass is 10.2. The van der Waals surface area contributed by atoms with Crippen LogP contribution >= 0.6 is 22.9 Å². The van der Waals surface area contributed by atoms with Gasteiger partial charge in [0.05, 0.1) is 0 Å². The minimum atomic E-state index is -0.398. The molecule has 0 unspecified atom stereocenters. The number of aromatic nitrogens is 2. The molecule has 0 saturated carbocycles. The molecule has 0 saturated heterocycles. The summed E-state index contributed by atoms with van der Waals surface area (Å²) in [7, 11) is 0. The Bertz CT molecular complexity index is 717. The number of carbonyl (C=O) groups is 1. The summed E-state index contributed by atoms with van der Waals surface area (Å²) in [5, 5.41) is 12.5. The van der Waals surface area contributed by atoms with Crippen molar-refractivity contribution in [2.24, 2.45) is 0 Å². The first-order valence-corrected chi connectivity index (χ1v) is 7.73. The van der Waals surface area contributed by atoms with E-state index in [0.717, 1.165) is 10.6 Å². The Labute approximate surface area is 135 Å². The van der Waals surface area contributed by atoms with Gasteiger partial charge >= 0.3 is 0 Å². The van der Waals surface area contributed by atoms with Crippen molar-refractivity contribution in [3.8, 4) is 0 Å². The molecule has 1 aliphatic heterocycles. The van der Waals surface area contributed by atoms with Crippen LogP contribution in [0.1, 0.15) is 10.6 Å². The van der Waals surface area contributed by atoms with Gasteiger partial charge in [0.15, 0.2) is 0 Å². The number of rotatable bonds is 4. The molecule has 22 heavy (non-hydrogen) atoms. The van der Waals surface area contributed by atoms with Gasteiger partial charge in [0.2, 0.25) is 10.9 Å². The topological polar surface area (TPSA) is 73.3 Å². The van der Waals surface area contributed by atoms with Crippen LogP contribution < -0.4 is 5.32 Å². The standard InChI is InChI=1S/C14H12ClN3O3S/c15-10-3-1-2-9(6-10)7-12-17-18-14(22-12)16-13(19)11-8-20-4-5-21-11/h1-3,6,8H,4-5,7H2,(H,16,18,19). The molecule has 1 amide bonds. The largest absolute Gasteiger partial charge is 0.494 e. The molecule has 1 aromatic carbocycles. The van der Waals surface area contributed by atoms with E-state index in [1.54, 1.807) is 0 Å². The van der Waals surface area contributed by atoms with Gasteiger partial charge in [0, 0.05) is 11.4 Å². The molecule has 8 heteroatoms. The second kappa shape index (κ2) is 6.76. The zero-order valence-electron chi connectivity index (χ0n) is 11.4. The third-order valence-electron chi connectivity index (χ3n) is 2.80. The van der Waals surface area contributed by atoms with E-state index in [9.17, 15) is 4.79 Å². The molecule has 6 nitrogen and oxygen atoms in total. The average molecular weight is 338 g/mol. The van der Waals surface area contributed by atoms with E-state index in [4.69, 9.17) is 21.1 Å². The smallest absolute Gasteiger partial charge is 0.295 e. The summed E-state index contributed by atoms with van der Waals surface area (Å²) in [4.78, 5) is 11.9. The fourth-order valence-corrected chi connectivity index (χ4v) is 2.83. The fraction of sp³-hybridized carbons (Fsp3) is 0.214. The highest BCUT2D eigenvalue weighted by Crippen LogP contribution is 2.21. The van der Waals surface area contributed by atoms with E-state index in [-0.39, 0.29) is 5.76 Å². The highest BCUT2D eigenvalue weighted by Gasteiger charge is 2.17. The molecule has 1 aliphatic rings. The van der Waals surface area contributed by atoms with E-state index >= 15 is 0 Å². The maximum absolute atomic E-state index is 11.9. The maximum Gasteiger partial charge on any atom is 0.295 e. The Morgan fingerprint density at radius 3 is 3.05 bits per heavy atom. The van der Waals surface area contributed by atoms with Crippen LogP contribution in [0.3, 0.4) is 0 Å². The minimum Gasteiger partial charge on any atom is -0.494 e. The summed E-state index contributed by atoms with van der Waals surface area (Å²) in [5.41, 5.74) is 1.04. The number of halogens is 1. The van der Waals surface area contributed by atoms with Gasteiger partial charge in [-0.1, -0.05) is 35.1 Å². The number of ether oxygens (including phenoxy) is 2. The first kappa shape index (κ1) is 14.8. The molecule has 1 aromatic heterocycles. The molecule has 3 rings (SSSR count). The summed E-state index contributed by atoms with van der Waals surface area (Å²) in [5.74, 6) is -0.261. The van der Waals surface area contributed by atoms with Gasteiger partial charge in [0.25, 0.3) is 5.91 Å². The highest BCUT2D eigenvalue weighted by atomic mass is 35.5. The second-order valence-corrected chi connectivity index (χ2v) is 5.96.